The third-order valence-electron chi connectivity index (χ3n) is 10.5. The van der Waals surface area contributed by atoms with Gasteiger partial charge in [-0.3, -0.25) is 9.59 Å². The average molecular weight is 880 g/mol. The van der Waals surface area contributed by atoms with Crippen molar-refractivity contribution >= 4 is 81.5 Å². The number of nitrogens with one attached hydrogen (secondary N) is 2. The van der Waals surface area contributed by atoms with E-state index in [4.69, 9.17) is 62.3 Å². The maximum absolute atomic E-state index is 11.0. The number of aromatic nitrogens is 4. The van der Waals surface area contributed by atoms with E-state index in [0.29, 0.717) is 121 Å². The summed E-state index contributed by atoms with van der Waals surface area (Å²) in [5, 5.41) is 19.0. The number of aliphatic carboxylic acids is 2. The molecule has 4 N–H and O–H groups in total. The SMILES string of the molecule is CC(CCOCCCOc1ccc(-c2c3nc(c(Cl)c4ccc([nH]4)c(-c4ccc(OCCCOCCC(C)C(=O)O)cc4)c4nc(c(Cl)c5ccc2[nH]5)C=C4)C=C3)cc1)C(=O)O. The number of hydrogen-bond donors (Lipinski definition) is 4. The second-order valence-corrected chi connectivity index (χ2v) is 15.9. The van der Waals surface area contributed by atoms with Crippen molar-refractivity contribution in [3.05, 3.63) is 106 Å². The molecule has 2 aromatic carbocycles. The number of carboxylic acid groups (broad SMARTS) is 2. The van der Waals surface area contributed by atoms with E-state index in [1.165, 1.54) is 0 Å². The molecule has 2 aliphatic rings. The first kappa shape index (κ1) is 44.1. The van der Waals surface area contributed by atoms with Crippen molar-refractivity contribution in [1.29, 1.82) is 0 Å². The zero-order chi connectivity index (χ0) is 43.6. The van der Waals surface area contributed by atoms with Crippen molar-refractivity contribution in [2.75, 3.05) is 39.6 Å². The normalized spacial score (nSPS) is 13.0. The van der Waals surface area contributed by atoms with E-state index in [0.717, 1.165) is 33.3 Å². The van der Waals surface area contributed by atoms with Crippen LogP contribution in [0.5, 0.6) is 11.5 Å². The molecular formula is C48H48Cl2N4O8. The van der Waals surface area contributed by atoms with Gasteiger partial charge in [0.1, 0.15) is 11.5 Å². The minimum atomic E-state index is -0.819. The van der Waals surface area contributed by atoms with Gasteiger partial charge < -0.3 is 39.1 Å². The highest BCUT2D eigenvalue weighted by molar-refractivity contribution is 6.36. The third kappa shape index (κ3) is 10.9. The molecule has 0 amide bonds. The first-order chi connectivity index (χ1) is 30.0. The average Bonchev–Trinajstić information content (AvgIpc) is 4.12. The Hall–Kier alpha value is -5.92. The molecule has 0 saturated heterocycles. The second kappa shape index (κ2) is 20.8. The third-order valence-corrected chi connectivity index (χ3v) is 11.3. The van der Waals surface area contributed by atoms with Gasteiger partial charge in [-0.15, -0.1) is 0 Å². The molecule has 0 aliphatic carbocycles. The Morgan fingerprint density at radius 3 is 1.29 bits per heavy atom. The zero-order valence-corrected chi connectivity index (χ0v) is 36.0. The Labute approximate surface area is 369 Å². The summed E-state index contributed by atoms with van der Waals surface area (Å²) in [5.41, 5.74) is 9.12. The van der Waals surface area contributed by atoms with Crippen LogP contribution in [0.25, 0.3) is 68.6 Å². The summed E-state index contributed by atoms with van der Waals surface area (Å²) in [6, 6.07) is 23.4. The maximum Gasteiger partial charge on any atom is 0.306 e. The molecule has 2 atom stereocenters. The topological polar surface area (TPSA) is 169 Å². The van der Waals surface area contributed by atoms with Crippen LogP contribution in [0, 0.1) is 11.8 Å². The van der Waals surface area contributed by atoms with Gasteiger partial charge in [0.2, 0.25) is 0 Å². The fourth-order valence-corrected chi connectivity index (χ4v) is 7.28. The smallest absolute Gasteiger partial charge is 0.306 e. The van der Waals surface area contributed by atoms with E-state index in [1.807, 2.05) is 97.1 Å². The molecular weight excluding hydrogens is 831 g/mol. The number of rotatable bonds is 20. The van der Waals surface area contributed by atoms with E-state index < -0.39 is 23.8 Å². The van der Waals surface area contributed by atoms with Gasteiger partial charge >= 0.3 is 11.9 Å². The van der Waals surface area contributed by atoms with Gasteiger partial charge in [0, 0.05) is 61.4 Å². The number of aromatic amines is 2. The van der Waals surface area contributed by atoms with E-state index in [2.05, 4.69) is 9.97 Å². The minimum Gasteiger partial charge on any atom is -0.494 e. The number of hydrogen-bond acceptors (Lipinski definition) is 8. The summed E-state index contributed by atoms with van der Waals surface area (Å²) in [6.45, 7) is 6.01. The monoisotopic (exact) mass is 878 g/mol. The van der Waals surface area contributed by atoms with Crippen LogP contribution in [0.4, 0.5) is 0 Å². The van der Waals surface area contributed by atoms with Crippen molar-refractivity contribution < 1.29 is 38.7 Å². The summed E-state index contributed by atoms with van der Waals surface area (Å²) in [5.74, 6) is -1.09. The molecule has 0 radical (unpaired) electrons. The van der Waals surface area contributed by atoms with Crippen LogP contribution < -0.4 is 9.47 Å². The van der Waals surface area contributed by atoms with Crippen molar-refractivity contribution in [1.82, 2.24) is 19.9 Å². The number of nitrogens with zero attached hydrogens (tertiary/aromatic N) is 2. The van der Waals surface area contributed by atoms with Crippen LogP contribution in [-0.4, -0.2) is 81.7 Å². The number of H-pyrrole nitrogens is 2. The van der Waals surface area contributed by atoms with Gasteiger partial charge in [0.25, 0.3) is 0 Å². The van der Waals surface area contributed by atoms with Crippen molar-refractivity contribution in [2.45, 2.75) is 39.5 Å². The van der Waals surface area contributed by atoms with Gasteiger partial charge in [0.05, 0.1) is 68.9 Å². The van der Waals surface area contributed by atoms with Crippen molar-refractivity contribution in [3.8, 4) is 33.8 Å². The minimum absolute atomic E-state index is 0.396. The largest absolute Gasteiger partial charge is 0.494 e. The van der Waals surface area contributed by atoms with Crippen LogP contribution in [0.15, 0.2) is 72.8 Å². The van der Waals surface area contributed by atoms with Crippen LogP contribution in [0.1, 0.15) is 62.3 Å². The van der Waals surface area contributed by atoms with Crippen molar-refractivity contribution in [2.24, 2.45) is 11.8 Å². The summed E-state index contributed by atoms with van der Waals surface area (Å²) in [4.78, 5) is 39.1. The Balaban J connectivity index is 1.14. The lowest BCUT2D eigenvalue weighted by atomic mass is 10.0. The van der Waals surface area contributed by atoms with E-state index >= 15 is 0 Å². The molecule has 0 fully saturated rings. The van der Waals surface area contributed by atoms with Crippen LogP contribution in [-0.2, 0) is 19.1 Å². The number of ether oxygens (including phenoxy) is 4. The maximum atomic E-state index is 11.0. The van der Waals surface area contributed by atoms with Gasteiger partial charge in [-0.1, -0.05) is 61.3 Å². The fraction of sp³-hybridized carbons (Fsp3) is 0.292. The fourth-order valence-electron chi connectivity index (χ4n) is 6.85. The zero-order valence-electron chi connectivity index (χ0n) is 34.5. The molecule has 0 spiro atoms. The number of benzene rings is 2. The predicted octanol–water partition coefficient (Wildman–Crippen LogP) is 11.1. The van der Waals surface area contributed by atoms with Gasteiger partial charge in [0.15, 0.2) is 0 Å². The van der Waals surface area contributed by atoms with E-state index in [9.17, 15) is 9.59 Å². The molecule has 0 saturated carbocycles. The highest BCUT2D eigenvalue weighted by Crippen LogP contribution is 2.36. The molecule has 2 unspecified atom stereocenters. The summed E-state index contributed by atoms with van der Waals surface area (Å²) in [7, 11) is 0. The number of halogens is 2. The quantitative estimate of drug-likeness (QED) is 0.0541. The summed E-state index contributed by atoms with van der Waals surface area (Å²) < 4.78 is 23.1. The van der Waals surface area contributed by atoms with Gasteiger partial charge in [-0.2, -0.15) is 0 Å². The van der Waals surface area contributed by atoms with Crippen LogP contribution >= 0.6 is 23.2 Å². The molecule has 14 heteroatoms. The summed E-state index contributed by atoms with van der Waals surface area (Å²) >= 11 is 14.2. The van der Waals surface area contributed by atoms with E-state index in [1.54, 1.807) is 13.8 Å². The van der Waals surface area contributed by atoms with Gasteiger partial charge in [-0.05, 0) is 96.8 Å². The first-order valence-electron chi connectivity index (χ1n) is 20.6. The lowest BCUT2D eigenvalue weighted by molar-refractivity contribution is -0.142. The first-order valence-corrected chi connectivity index (χ1v) is 21.4. The lowest BCUT2D eigenvalue weighted by Gasteiger charge is -2.10. The van der Waals surface area contributed by atoms with Crippen LogP contribution in [0.3, 0.4) is 0 Å². The Bertz CT molecular complexity index is 2440. The molecule has 2 aliphatic heterocycles. The molecule has 12 nitrogen and oxygen atoms in total. The Morgan fingerprint density at radius 2 is 0.903 bits per heavy atom. The second-order valence-electron chi connectivity index (χ2n) is 15.1. The molecule has 5 heterocycles. The molecule has 62 heavy (non-hydrogen) atoms. The number of carbonyl (C=O) groups is 2. The van der Waals surface area contributed by atoms with Crippen LogP contribution in [0.2, 0.25) is 10.0 Å². The van der Waals surface area contributed by atoms with Gasteiger partial charge in [-0.25, -0.2) is 9.97 Å². The molecule has 7 rings (SSSR count). The molecule has 5 aromatic rings. The molecule has 8 bridgehead atoms. The Morgan fingerprint density at radius 1 is 0.532 bits per heavy atom. The standard InChI is InChI=1S/C48H48Cl2N4O8/c1-29(47(55)56)21-27-59-23-3-25-61-33-9-5-31(6-10-33)43-35-13-17-39(51-35)45(49)41-19-15-37(53-41)44(38-16-20-42(54-38)46(50)40-18-14-36(43)52-40)32-7-11-34(12-8-32)62-26-4-24-60-28-22-30(2)48(57)58/h5-20,29-30,51,54H,3-4,21-28H2,1-2H3,(H,55,56)(H,57,58). The van der Waals surface area contributed by atoms with E-state index in [-0.39, 0.29) is 0 Å². The Kier molecular flexibility index (Phi) is 14.8. The predicted molar refractivity (Wildman–Crippen MR) is 244 cm³/mol. The number of carboxylic acids is 2. The highest BCUT2D eigenvalue weighted by Gasteiger charge is 2.17. The molecule has 322 valence electrons. The molecule has 3 aromatic heterocycles. The summed E-state index contributed by atoms with van der Waals surface area (Å²) in [6.07, 6.45) is 9.99. The number of fused-ring (bicyclic) bond motifs is 8. The van der Waals surface area contributed by atoms with Crippen molar-refractivity contribution in [3.63, 3.8) is 0 Å². The lowest BCUT2D eigenvalue weighted by Crippen LogP contribution is -2.13. The highest BCUT2D eigenvalue weighted by atomic mass is 35.5.